The number of piperidine rings is 1. The Morgan fingerprint density at radius 3 is 2.41 bits per heavy atom. The molecule has 2 aliphatic rings. The lowest BCUT2D eigenvalue weighted by molar-refractivity contribution is 0.102. The molecule has 0 saturated carbocycles. The van der Waals surface area contributed by atoms with E-state index in [0.29, 0.717) is 30.9 Å². The van der Waals surface area contributed by atoms with E-state index in [2.05, 4.69) is 5.32 Å². The minimum Gasteiger partial charge on any atom is -0.497 e. The highest BCUT2D eigenvalue weighted by Gasteiger charge is 2.39. The highest BCUT2D eigenvalue weighted by molar-refractivity contribution is 7.89. The van der Waals surface area contributed by atoms with E-state index in [1.54, 1.807) is 72.3 Å². The van der Waals surface area contributed by atoms with Crippen LogP contribution in [0, 0.1) is 5.92 Å². The van der Waals surface area contributed by atoms with Gasteiger partial charge in [-0.1, -0.05) is 18.2 Å². The van der Waals surface area contributed by atoms with Crippen LogP contribution in [-0.2, 0) is 16.6 Å². The Hall–Kier alpha value is -3.43. The predicted octanol–water partition coefficient (Wildman–Crippen LogP) is 2.92. The van der Waals surface area contributed by atoms with Crippen LogP contribution in [0.25, 0.3) is 0 Å². The number of benzene rings is 2. The van der Waals surface area contributed by atoms with Gasteiger partial charge in [0, 0.05) is 36.8 Å². The number of rotatable bonds is 5. The fourth-order valence-corrected chi connectivity index (χ4v) is 6.45. The Labute approximate surface area is 197 Å². The van der Waals surface area contributed by atoms with Crippen LogP contribution < -0.4 is 15.6 Å². The third-order valence-electron chi connectivity index (χ3n) is 6.55. The molecular weight excluding hydrogens is 454 g/mol. The van der Waals surface area contributed by atoms with Gasteiger partial charge in [-0.25, -0.2) is 8.42 Å². The number of sulfonamides is 1. The second-order valence-corrected chi connectivity index (χ2v) is 10.6. The first-order chi connectivity index (χ1) is 16.4. The maximum absolute atomic E-state index is 13.2. The van der Waals surface area contributed by atoms with Crippen LogP contribution in [0.2, 0.25) is 0 Å². The molecule has 5 rings (SSSR count). The number of fused-ring (bicyclic) bond motifs is 4. The van der Waals surface area contributed by atoms with Gasteiger partial charge in [0.05, 0.1) is 12.0 Å². The van der Waals surface area contributed by atoms with Crippen molar-refractivity contribution in [2.45, 2.75) is 23.8 Å². The number of ether oxygens (including phenoxy) is 1. The summed E-state index contributed by atoms with van der Waals surface area (Å²) in [6.45, 7) is 1.10. The van der Waals surface area contributed by atoms with Crippen molar-refractivity contribution in [1.29, 1.82) is 0 Å². The number of anilines is 1. The van der Waals surface area contributed by atoms with Crippen molar-refractivity contribution in [2.24, 2.45) is 5.92 Å². The van der Waals surface area contributed by atoms with Crippen molar-refractivity contribution in [3.8, 4) is 5.75 Å². The first-order valence-corrected chi connectivity index (χ1v) is 12.5. The number of pyridine rings is 1. The van der Waals surface area contributed by atoms with Gasteiger partial charge < -0.3 is 14.6 Å². The van der Waals surface area contributed by atoms with Crippen LogP contribution in [0.5, 0.6) is 5.75 Å². The summed E-state index contributed by atoms with van der Waals surface area (Å²) in [7, 11) is -2.05. The first-order valence-electron chi connectivity index (χ1n) is 11.1. The third-order valence-corrected chi connectivity index (χ3v) is 8.40. The molecule has 0 spiro atoms. The molecule has 9 heteroatoms. The summed E-state index contributed by atoms with van der Waals surface area (Å²) in [5.74, 6) is 0.205. The summed E-state index contributed by atoms with van der Waals surface area (Å²) in [5.41, 5.74) is 1.16. The smallest absolute Gasteiger partial charge is 0.274 e. The lowest BCUT2D eigenvalue weighted by atomic mass is 9.84. The molecular formula is C25H25N3O5S. The summed E-state index contributed by atoms with van der Waals surface area (Å²) in [6, 6.07) is 18.5. The molecule has 3 aromatic rings. The maximum atomic E-state index is 13.2. The largest absolute Gasteiger partial charge is 0.497 e. The van der Waals surface area contributed by atoms with Crippen LogP contribution in [0.3, 0.4) is 0 Å². The molecule has 8 nitrogen and oxygen atoms in total. The van der Waals surface area contributed by atoms with E-state index in [1.807, 2.05) is 6.07 Å². The Bertz CT molecular complexity index is 1380. The molecule has 0 unspecified atom stereocenters. The number of nitrogens with one attached hydrogen (secondary N) is 1. The minimum atomic E-state index is -3.60. The van der Waals surface area contributed by atoms with Crippen LogP contribution in [0.15, 0.2) is 76.4 Å². The van der Waals surface area contributed by atoms with Crippen molar-refractivity contribution in [3.05, 3.63) is 88.3 Å². The monoisotopic (exact) mass is 479 g/mol. The number of hydrogen-bond acceptors (Lipinski definition) is 5. The van der Waals surface area contributed by atoms with Gasteiger partial charge in [0.25, 0.3) is 11.5 Å². The van der Waals surface area contributed by atoms with E-state index >= 15 is 0 Å². The Morgan fingerprint density at radius 1 is 0.971 bits per heavy atom. The molecule has 1 amide bonds. The summed E-state index contributed by atoms with van der Waals surface area (Å²) >= 11 is 0. The molecule has 1 saturated heterocycles. The van der Waals surface area contributed by atoms with Gasteiger partial charge in [0.2, 0.25) is 10.0 Å². The molecule has 2 aromatic carbocycles. The normalized spacial score (nSPS) is 19.8. The standard InChI is InChI=1S/C25H25N3O5S/c1-33-20-9-7-18(8-10-20)24(29)26-22-11-12-23-19-13-17(15-28(23)25(22)30)14-27(16-19)34(31,32)21-5-3-2-4-6-21/h2-12,17,19H,13-16H2,1H3,(H,26,29)/t17-,19-/m1/s1. The molecule has 2 bridgehead atoms. The fraction of sp³-hybridized carbons (Fsp3) is 0.280. The highest BCUT2D eigenvalue weighted by atomic mass is 32.2. The Kier molecular flexibility index (Phi) is 5.75. The van der Waals surface area contributed by atoms with Crippen LogP contribution in [0.4, 0.5) is 5.69 Å². The average Bonchev–Trinajstić information content (AvgIpc) is 2.86. The molecule has 1 N–H and O–H groups in total. The highest BCUT2D eigenvalue weighted by Crippen LogP contribution is 2.37. The number of nitrogens with zero attached hydrogens (tertiary/aromatic N) is 2. The third kappa shape index (κ3) is 4.01. The van der Waals surface area contributed by atoms with Crippen molar-refractivity contribution < 1.29 is 17.9 Å². The van der Waals surface area contributed by atoms with Gasteiger partial charge in [-0.05, 0) is 60.9 Å². The van der Waals surface area contributed by atoms with Crippen LogP contribution in [0.1, 0.15) is 28.4 Å². The summed E-state index contributed by atoms with van der Waals surface area (Å²) < 4.78 is 34.6. The summed E-state index contributed by atoms with van der Waals surface area (Å²) in [5, 5.41) is 2.71. The number of aromatic nitrogens is 1. The topological polar surface area (TPSA) is 97.7 Å². The second-order valence-electron chi connectivity index (χ2n) is 8.70. The molecule has 34 heavy (non-hydrogen) atoms. The minimum absolute atomic E-state index is 0.0231. The SMILES string of the molecule is COc1ccc(C(=O)Nc2ccc3n(c2=O)C[C@@H]2C[C@@H]3CN(S(=O)(=O)c3ccccc3)C2)cc1. The van der Waals surface area contributed by atoms with Gasteiger partial charge in [0.1, 0.15) is 11.4 Å². The van der Waals surface area contributed by atoms with E-state index in [4.69, 9.17) is 4.74 Å². The molecule has 176 valence electrons. The van der Waals surface area contributed by atoms with Crippen LogP contribution >= 0.6 is 0 Å². The first kappa shape index (κ1) is 22.4. The van der Waals surface area contributed by atoms with E-state index in [-0.39, 0.29) is 33.9 Å². The number of amides is 1. The van der Waals surface area contributed by atoms with Gasteiger partial charge >= 0.3 is 0 Å². The number of carbonyl (C=O) groups excluding carboxylic acids is 1. The zero-order valence-electron chi connectivity index (χ0n) is 18.7. The lowest BCUT2D eigenvalue weighted by Gasteiger charge is -2.42. The summed E-state index contributed by atoms with van der Waals surface area (Å²) in [4.78, 5) is 26.1. The number of carbonyl (C=O) groups is 1. The quantitative estimate of drug-likeness (QED) is 0.607. The zero-order valence-corrected chi connectivity index (χ0v) is 19.5. The zero-order chi connectivity index (χ0) is 23.9. The molecule has 2 atom stereocenters. The van der Waals surface area contributed by atoms with Crippen molar-refractivity contribution in [3.63, 3.8) is 0 Å². The van der Waals surface area contributed by atoms with E-state index < -0.39 is 10.0 Å². The van der Waals surface area contributed by atoms with Crippen molar-refractivity contribution in [2.75, 3.05) is 25.5 Å². The number of methoxy groups -OCH3 is 1. The van der Waals surface area contributed by atoms with Gasteiger partial charge in [-0.3, -0.25) is 9.59 Å². The molecule has 1 aromatic heterocycles. The fourth-order valence-electron chi connectivity index (χ4n) is 4.87. The van der Waals surface area contributed by atoms with Gasteiger partial charge in [0.15, 0.2) is 0 Å². The van der Waals surface area contributed by atoms with Gasteiger partial charge in [-0.2, -0.15) is 4.31 Å². The van der Waals surface area contributed by atoms with E-state index in [9.17, 15) is 18.0 Å². The maximum Gasteiger partial charge on any atom is 0.274 e. The lowest BCUT2D eigenvalue weighted by Crippen LogP contribution is -2.49. The number of hydrogen-bond donors (Lipinski definition) is 1. The van der Waals surface area contributed by atoms with Gasteiger partial charge in [-0.15, -0.1) is 0 Å². The van der Waals surface area contributed by atoms with Crippen molar-refractivity contribution in [1.82, 2.24) is 8.87 Å². The molecule has 1 fully saturated rings. The molecule has 2 aliphatic heterocycles. The molecule has 3 heterocycles. The average molecular weight is 480 g/mol. The molecule has 0 radical (unpaired) electrons. The van der Waals surface area contributed by atoms with E-state index in [1.165, 1.54) is 4.31 Å². The second kappa shape index (κ2) is 8.73. The summed E-state index contributed by atoms with van der Waals surface area (Å²) in [6.07, 6.45) is 0.831. The van der Waals surface area contributed by atoms with E-state index in [0.717, 1.165) is 12.1 Å². The Balaban J connectivity index is 1.38. The van der Waals surface area contributed by atoms with Crippen molar-refractivity contribution >= 4 is 21.6 Å². The Morgan fingerprint density at radius 2 is 1.71 bits per heavy atom. The molecule has 0 aliphatic carbocycles. The predicted molar refractivity (Wildman–Crippen MR) is 128 cm³/mol. The van der Waals surface area contributed by atoms with Crippen LogP contribution in [-0.4, -0.2) is 43.4 Å².